The van der Waals surface area contributed by atoms with E-state index in [1.807, 2.05) is 13.2 Å². The molecule has 2 aliphatic heterocycles. The standard InChI is InChI=1S/C33H37NO4/c1-36-33-14-13-31(23-10-12-25(28(23)33)37-19-21-5-3-2-4-6-21)26-17-22-9-11-24(35)29-27(22)32(31,30(33)38-29)15-16-34(26)18-20-7-8-20/h2-6,9,11,13-14,20,23,25-26,28,30,35H,7-8,10,12,15-19H2,1H3/t23?,25-,26-,28?,30+,31-,32+,33-/m1/s1. The largest absolute Gasteiger partial charge is 0.504 e. The molecule has 198 valence electrons. The molecule has 4 bridgehead atoms. The zero-order chi connectivity index (χ0) is 25.3. The Morgan fingerprint density at radius 2 is 1.92 bits per heavy atom. The fourth-order valence-electron chi connectivity index (χ4n) is 10.5. The van der Waals surface area contributed by atoms with Crippen molar-refractivity contribution in [2.24, 2.45) is 23.2 Å². The van der Waals surface area contributed by atoms with Gasteiger partial charge in [0.15, 0.2) is 11.5 Å². The van der Waals surface area contributed by atoms with Gasteiger partial charge >= 0.3 is 0 Å². The van der Waals surface area contributed by atoms with Gasteiger partial charge in [0.05, 0.1) is 18.1 Å². The molecule has 0 aromatic heterocycles. The zero-order valence-electron chi connectivity index (χ0n) is 22.1. The van der Waals surface area contributed by atoms with Crippen molar-refractivity contribution in [2.45, 2.75) is 74.4 Å². The number of piperidine rings is 1. The van der Waals surface area contributed by atoms with Crippen LogP contribution in [0.1, 0.15) is 48.8 Å². The molecule has 3 saturated carbocycles. The fraction of sp³-hybridized carbons (Fsp3) is 0.576. The average Bonchev–Trinajstić information content (AvgIpc) is 3.52. The Hall–Kier alpha value is -2.34. The summed E-state index contributed by atoms with van der Waals surface area (Å²) in [4.78, 5) is 2.86. The molecule has 8 aliphatic rings. The second kappa shape index (κ2) is 7.44. The van der Waals surface area contributed by atoms with E-state index >= 15 is 0 Å². The highest BCUT2D eigenvalue weighted by molar-refractivity contribution is 5.65. The number of aromatic hydroxyl groups is 1. The minimum absolute atomic E-state index is 0.0212. The highest BCUT2D eigenvalue weighted by Crippen LogP contribution is 2.78. The minimum Gasteiger partial charge on any atom is -0.504 e. The molecule has 6 aliphatic carbocycles. The number of hydrogen-bond acceptors (Lipinski definition) is 5. The SMILES string of the molecule is CO[C@]12C=C[C@@]3(C4CC[C@@H](OCc5ccccc5)C41)[C@H]1Cc4ccc(O)c5c4[C@@]3(CCN1CC1CC1)[C@@H]2O5. The van der Waals surface area contributed by atoms with Crippen molar-refractivity contribution in [1.82, 2.24) is 4.90 Å². The Balaban J connectivity index is 1.21. The van der Waals surface area contributed by atoms with Crippen LogP contribution >= 0.6 is 0 Å². The van der Waals surface area contributed by atoms with E-state index in [1.54, 1.807) is 0 Å². The molecule has 5 nitrogen and oxygen atoms in total. The molecular weight excluding hydrogens is 474 g/mol. The van der Waals surface area contributed by atoms with Crippen molar-refractivity contribution in [1.29, 1.82) is 0 Å². The maximum Gasteiger partial charge on any atom is 0.165 e. The molecular formula is C33H37NO4. The Kier molecular flexibility index (Phi) is 4.40. The molecule has 8 atom stereocenters. The van der Waals surface area contributed by atoms with Crippen molar-refractivity contribution in [3.63, 3.8) is 0 Å². The van der Waals surface area contributed by atoms with E-state index in [9.17, 15) is 5.11 Å². The van der Waals surface area contributed by atoms with Crippen LogP contribution in [0.4, 0.5) is 0 Å². The summed E-state index contributed by atoms with van der Waals surface area (Å²) in [6.07, 6.45) is 12.1. The molecule has 2 aromatic carbocycles. The molecule has 5 heteroatoms. The van der Waals surface area contributed by atoms with Gasteiger partial charge in [-0.1, -0.05) is 48.6 Å². The summed E-state index contributed by atoms with van der Waals surface area (Å²) in [6, 6.07) is 15.1. The Bertz CT molecular complexity index is 1340. The van der Waals surface area contributed by atoms with E-state index in [4.69, 9.17) is 14.2 Å². The van der Waals surface area contributed by atoms with Gasteiger partial charge in [0.25, 0.3) is 0 Å². The summed E-state index contributed by atoms with van der Waals surface area (Å²) in [5.41, 5.74) is 3.18. The average molecular weight is 512 g/mol. The van der Waals surface area contributed by atoms with Crippen LogP contribution in [0, 0.1) is 23.2 Å². The van der Waals surface area contributed by atoms with Gasteiger partial charge in [0, 0.05) is 36.6 Å². The second-order valence-corrected chi connectivity index (χ2v) is 13.2. The molecule has 4 fully saturated rings. The third-order valence-corrected chi connectivity index (χ3v) is 11.9. The van der Waals surface area contributed by atoms with Gasteiger partial charge < -0.3 is 19.3 Å². The predicted molar refractivity (Wildman–Crippen MR) is 143 cm³/mol. The van der Waals surface area contributed by atoms with Crippen molar-refractivity contribution >= 4 is 0 Å². The van der Waals surface area contributed by atoms with Gasteiger partial charge in [-0.2, -0.15) is 0 Å². The first kappa shape index (κ1) is 22.5. The Morgan fingerprint density at radius 1 is 1.05 bits per heavy atom. The van der Waals surface area contributed by atoms with Crippen LogP contribution in [0.2, 0.25) is 0 Å². The normalized spacial score (nSPS) is 43.1. The van der Waals surface area contributed by atoms with Gasteiger partial charge in [-0.3, -0.25) is 4.90 Å². The van der Waals surface area contributed by atoms with Crippen molar-refractivity contribution < 1.29 is 19.3 Å². The summed E-state index contributed by atoms with van der Waals surface area (Å²) >= 11 is 0. The number of ether oxygens (including phenoxy) is 3. The number of hydrogen-bond donors (Lipinski definition) is 1. The van der Waals surface area contributed by atoms with Crippen LogP contribution < -0.4 is 4.74 Å². The highest BCUT2D eigenvalue weighted by Gasteiger charge is 2.83. The summed E-state index contributed by atoms with van der Waals surface area (Å²) < 4.78 is 20.4. The lowest BCUT2D eigenvalue weighted by atomic mass is 9.34. The molecule has 2 heterocycles. The van der Waals surface area contributed by atoms with E-state index in [-0.39, 0.29) is 34.7 Å². The molecule has 1 N–H and O–H groups in total. The molecule has 0 amide bonds. The number of rotatable bonds is 6. The lowest BCUT2D eigenvalue weighted by Crippen LogP contribution is -2.82. The molecule has 38 heavy (non-hydrogen) atoms. The molecule has 0 radical (unpaired) electrons. The smallest absolute Gasteiger partial charge is 0.165 e. The monoisotopic (exact) mass is 511 g/mol. The fourth-order valence-corrected chi connectivity index (χ4v) is 10.5. The first-order chi connectivity index (χ1) is 18.6. The highest BCUT2D eigenvalue weighted by atomic mass is 16.6. The van der Waals surface area contributed by atoms with Crippen LogP contribution in [0.3, 0.4) is 0 Å². The van der Waals surface area contributed by atoms with E-state index in [2.05, 4.69) is 53.5 Å². The van der Waals surface area contributed by atoms with Gasteiger partial charge in [-0.15, -0.1) is 0 Å². The van der Waals surface area contributed by atoms with E-state index in [1.165, 1.54) is 36.1 Å². The molecule has 2 spiro atoms. The summed E-state index contributed by atoms with van der Waals surface area (Å²) in [5, 5.41) is 11.1. The third kappa shape index (κ3) is 2.47. The van der Waals surface area contributed by atoms with E-state index in [0.717, 1.165) is 43.9 Å². The third-order valence-electron chi connectivity index (χ3n) is 11.9. The first-order valence-corrected chi connectivity index (χ1v) is 14.8. The first-order valence-electron chi connectivity index (χ1n) is 14.8. The lowest BCUT2D eigenvalue weighted by Gasteiger charge is -2.73. The van der Waals surface area contributed by atoms with Crippen LogP contribution in [0.25, 0.3) is 0 Å². The van der Waals surface area contributed by atoms with E-state index in [0.29, 0.717) is 18.6 Å². The quantitative estimate of drug-likeness (QED) is 0.554. The molecule has 10 rings (SSSR count). The summed E-state index contributed by atoms with van der Waals surface area (Å²) in [5.74, 6) is 2.60. The lowest BCUT2D eigenvalue weighted by molar-refractivity contribution is -0.252. The Labute approximate surface area is 224 Å². The van der Waals surface area contributed by atoms with Gasteiger partial charge in [0.2, 0.25) is 0 Å². The summed E-state index contributed by atoms with van der Waals surface area (Å²) in [6.45, 7) is 2.96. The van der Waals surface area contributed by atoms with Crippen LogP contribution in [-0.2, 0) is 27.9 Å². The topological polar surface area (TPSA) is 51.2 Å². The predicted octanol–water partition coefficient (Wildman–Crippen LogP) is 5.00. The second-order valence-electron chi connectivity index (χ2n) is 13.2. The number of phenols is 1. The molecule has 2 aromatic rings. The number of phenolic OH excluding ortho intramolecular Hbond substituents is 1. The summed E-state index contributed by atoms with van der Waals surface area (Å²) in [7, 11) is 1.87. The van der Waals surface area contributed by atoms with Gasteiger partial charge in [0.1, 0.15) is 11.7 Å². The maximum atomic E-state index is 11.1. The number of benzene rings is 2. The zero-order valence-corrected chi connectivity index (χ0v) is 22.1. The van der Waals surface area contributed by atoms with Gasteiger partial charge in [-0.05, 0) is 74.1 Å². The van der Waals surface area contributed by atoms with Crippen LogP contribution in [-0.4, -0.2) is 54.1 Å². The van der Waals surface area contributed by atoms with Crippen LogP contribution in [0.15, 0.2) is 54.6 Å². The number of nitrogens with zero attached hydrogens (tertiary/aromatic N) is 1. The molecule has 2 unspecified atom stereocenters. The molecule has 1 saturated heterocycles. The van der Waals surface area contributed by atoms with Crippen molar-refractivity contribution in [3.8, 4) is 11.5 Å². The Morgan fingerprint density at radius 3 is 2.74 bits per heavy atom. The van der Waals surface area contributed by atoms with Gasteiger partial charge in [-0.25, -0.2) is 0 Å². The number of methoxy groups -OCH3 is 1. The minimum atomic E-state index is -0.562. The van der Waals surface area contributed by atoms with Crippen molar-refractivity contribution in [2.75, 3.05) is 20.2 Å². The van der Waals surface area contributed by atoms with Crippen molar-refractivity contribution in [3.05, 3.63) is 71.3 Å². The van der Waals surface area contributed by atoms with Crippen LogP contribution in [0.5, 0.6) is 11.5 Å². The van der Waals surface area contributed by atoms with E-state index < -0.39 is 5.60 Å². The maximum absolute atomic E-state index is 11.1. The number of likely N-dealkylation sites (tertiary alicyclic amines) is 1.